The first kappa shape index (κ1) is 15.0. The molecule has 0 N–H and O–H groups in total. The largest absolute Gasteiger partial charge is 0.464 e. The first-order valence-electron chi connectivity index (χ1n) is 5.47. The van der Waals surface area contributed by atoms with Crippen LogP contribution in [0.4, 0.5) is 11.4 Å². The summed E-state index contributed by atoms with van der Waals surface area (Å²) in [6.07, 6.45) is 0. The van der Waals surface area contributed by atoms with E-state index in [4.69, 9.17) is 16.3 Å². The van der Waals surface area contributed by atoms with Gasteiger partial charge in [-0.2, -0.15) is 5.11 Å². The maximum Gasteiger partial charge on any atom is 0.332 e. The van der Waals surface area contributed by atoms with Crippen LogP contribution in [0.15, 0.2) is 28.4 Å². The standard InChI is InChI=1S/C11H12ClN3O4/c1-3-19-11(16)7(2)13-14-9-5-4-8(12)6-10(9)15(17)18/h4-7H,3H2,1-2H3. The molecule has 0 saturated carbocycles. The number of nitro benzene ring substituents is 1. The summed E-state index contributed by atoms with van der Waals surface area (Å²) in [6, 6.07) is 3.17. The van der Waals surface area contributed by atoms with Gasteiger partial charge in [-0.3, -0.25) is 10.1 Å². The van der Waals surface area contributed by atoms with Crippen LogP contribution in [0.3, 0.4) is 0 Å². The number of ether oxygens (including phenoxy) is 1. The van der Waals surface area contributed by atoms with Gasteiger partial charge in [0, 0.05) is 11.1 Å². The van der Waals surface area contributed by atoms with Crippen molar-refractivity contribution in [1.82, 2.24) is 0 Å². The summed E-state index contributed by atoms with van der Waals surface area (Å²) < 4.78 is 4.74. The van der Waals surface area contributed by atoms with Crippen LogP contribution in [0.2, 0.25) is 5.02 Å². The summed E-state index contributed by atoms with van der Waals surface area (Å²) in [5, 5.41) is 18.4. The number of halogens is 1. The first-order valence-corrected chi connectivity index (χ1v) is 5.85. The van der Waals surface area contributed by atoms with E-state index in [1.807, 2.05) is 0 Å². The van der Waals surface area contributed by atoms with Crippen molar-refractivity contribution < 1.29 is 14.5 Å². The Balaban J connectivity index is 2.93. The molecule has 0 aliphatic rings. The number of azo groups is 1. The number of rotatable bonds is 5. The van der Waals surface area contributed by atoms with Gasteiger partial charge < -0.3 is 4.74 Å². The third kappa shape index (κ3) is 4.29. The number of hydrogen-bond acceptors (Lipinski definition) is 6. The number of benzene rings is 1. The van der Waals surface area contributed by atoms with Crippen molar-refractivity contribution in [2.45, 2.75) is 19.9 Å². The fourth-order valence-corrected chi connectivity index (χ4v) is 1.35. The Morgan fingerprint density at radius 2 is 2.26 bits per heavy atom. The molecule has 19 heavy (non-hydrogen) atoms. The second kappa shape index (κ2) is 6.79. The normalized spacial score (nSPS) is 12.4. The molecule has 0 aliphatic heterocycles. The van der Waals surface area contributed by atoms with E-state index in [1.54, 1.807) is 6.92 Å². The minimum atomic E-state index is -0.824. The number of nitro groups is 1. The smallest absolute Gasteiger partial charge is 0.332 e. The summed E-state index contributed by atoms with van der Waals surface area (Å²) in [5.41, 5.74) is -0.238. The van der Waals surface area contributed by atoms with Gasteiger partial charge in [0.1, 0.15) is 0 Å². The van der Waals surface area contributed by atoms with Gasteiger partial charge in [0.2, 0.25) is 0 Å². The van der Waals surface area contributed by atoms with Crippen molar-refractivity contribution in [3.05, 3.63) is 33.3 Å². The van der Waals surface area contributed by atoms with E-state index in [-0.39, 0.29) is 23.0 Å². The van der Waals surface area contributed by atoms with E-state index >= 15 is 0 Å². The Bertz CT molecular complexity index is 519. The molecule has 1 unspecified atom stereocenters. The van der Waals surface area contributed by atoms with E-state index in [0.717, 1.165) is 0 Å². The number of carbonyl (C=O) groups excluding carboxylic acids is 1. The van der Waals surface area contributed by atoms with Gasteiger partial charge in [0.15, 0.2) is 11.7 Å². The Morgan fingerprint density at radius 1 is 1.58 bits per heavy atom. The fraction of sp³-hybridized carbons (Fsp3) is 0.364. The highest BCUT2D eigenvalue weighted by atomic mass is 35.5. The number of hydrogen-bond donors (Lipinski definition) is 0. The highest BCUT2D eigenvalue weighted by Crippen LogP contribution is 2.30. The summed E-state index contributed by atoms with van der Waals surface area (Å²) in [5.74, 6) is -0.539. The van der Waals surface area contributed by atoms with Crippen molar-refractivity contribution in [2.24, 2.45) is 10.2 Å². The molecule has 0 heterocycles. The molecule has 0 aliphatic carbocycles. The molecular formula is C11H12ClN3O4. The number of nitrogens with zero attached hydrogens (tertiary/aromatic N) is 3. The summed E-state index contributed by atoms with van der Waals surface area (Å²) in [7, 11) is 0. The zero-order valence-corrected chi connectivity index (χ0v) is 11.1. The molecule has 1 aromatic carbocycles. The number of esters is 1. The minimum Gasteiger partial charge on any atom is -0.464 e. The molecule has 0 radical (unpaired) electrons. The molecule has 0 amide bonds. The van der Waals surface area contributed by atoms with Crippen molar-refractivity contribution in [1.29, 1.82) is 0 Å². The fourth-order valence-electron chi connectivity index (χ4n) is 1.19. The molecule has 0 fully saturated rings. The monoisotopic (exact) mass is 285 g/mol. The number of carbonyl (C=O) groups is 1. The van der Waals surface area contributed by atoms with E-state index in [0.29, 0.717) is 0 Å². The summed E-state index contributed by atoms with van der Waals surface area (Å²) >= 11 is 5.66. The van der Waals surface area contributed by atoms with Crippen LogP contribution in [0.5, 0.6) is 0 Å². The zero-order valence-electron chi connectivity index (χ0n) is 10.4. The van der Waals surface area contributed by atoms with Gasteiger partial charge in [-0.1, -0.05) is 11.6 Å². The van der Waals surface area contributed by atoms with Crippen molar-refractivity contribution >= 4 is 28.9 Å². The summed E-state index contributed by atoms with van der Waals surface area (Å²) in [4.78, 5) is 21.5. The highest BCUT2D eigenvalue weighted by molar-refractivity contribution is 6.30. The third-order valence-corrected chi connectivity index (χ3v) is 2.34. The van der Waals surface area contributed by atoms with Crippen LogP contribution >= 0.6 is 11.6 Å². The Labute approximate surface area is 114 Å². The van der Waals surface area contributed by atoms with Crippen LogP contribution < -0.4 is 0 Å². The lowest BCUT2D eigenvalue weighted by molar-refractivity contribution is -0.384. The Morgan fingerprint density at radius 3 is 2.84 bits per heavy atom. The minimum absolute atomic E-state index is 0.0329. The Hall–Kier alpha value is -2.02. The molecule has 102 valence electrons. The van der Waals surface area contributed by atoms with Crippen molar-refractivity contribution in [2.75, 3.05) is 6.61 Å². The van der Waals surface area contributed by atoms with Gasteiger partial charge in [0.05, 0.1) is 11.5 Å². The maximum atomic E-state index is 11.3. The highest BCUT2D eigenvalue weighted by Gasteiger charge is 2.16. The van der Waals surface area contributed by atoms with Crippen LogP contribution in [0.25, 0.3) is 0 Å². The average Bonchev–Trinajstić information content (AvgIpc) is 2.36. The molecular weight excluding hydrogens is 274 g/mol. The van der Waals surface area contributed by atoms with E-state index in [1.165, 1.54) is 25.1 Å². The zero-order chi connectivity index (χ0) is 14.4. The van der Waals surface area contributed by atoms with Gasteiger partial charge in [0.25, 0.3) is 5.69 Å². The molecule has 0 aromatic heterocycles. The Kier molecular flexibility index (Phi) is 5.37. The van der Waals surface area contributed by atoms with Gasteiger partial charge in [-0.15, -0.1) is 5.11 Å². The van der Waals surface area contributed by atoms with Crippen LogP contribution in [-0.4, -0.2) is 23.5 Å². The molecule has 0 spiro atoms. The predicted molar refractivity (Wildman–Crippen MR) is 68.7 cm³/mol. The molecule has 0 saturated heterocycles. The van der Waals surface area contributed by atoms with Gasteiger partial charge in [-0.05, 0) is 26.0 Å². The maximum absolute atomic E-state index is 11.3. The van der Waals surface area contributed by atoms with Gasteiger partial charge in [-0.25, -0.2) is 4.79 Å². The lowest BCUT2D eigenvalue weighted by Crippen LogP contribution is -2.17. The van der Waals surface area contributed by atoms with E-state index in [2.05, 4.69) is 10.2 Å². The average molecular weight is 286 g/mol. The van der Waals surface area contributed by atoms with Crippen LogP contribution in [-0.2, 0) is 9.53 Å². The molecule has 1 atom stereocenters. The van der Waals surface area contributed by atoms with Gasteiger partial charge >= 0.3 is 5.97 Å². The summed E-state index contributed by atoms with van der Waals surface area (Å²) in [6.45, 7) is 3.40. The van der Waals surface area contributed by atoms with Crippen molar-refractivity contribution in [3.8, 4) is 0 Å². The second-order valence-corrected chi connectivity index (χ2v) is 3.97. The molecule has 8 heteroatoms. The van der Waals surface area contributed by atoms with Crippen LogP contribution in [0, 0.1) is 10.1 Å². The predicted octanol–water partition coefficient (Wildman–Crippen LogP) is 3.28. The SMILES string of the molecule is CCOC(=O)C(C)N=Nc1ccc(Cl)cc1[N+](=O)[O-]. The lowest BCUT2D eigenvalue weighted by Gasteiger charge is -2.04. The molecule has 7 nitrogen and oxygen atoms in total. The molecule has 1 aromatic rings. The lowest BCUT2D eigenvalue weighted by atomic mass is 10.3. The van der Waals surface area contributed by atoms with Crippen molar-refractivity contribution in [3.63, 3.8) is 0 Å². The van der Waals surface area contributed by atoms with E-state index in [9.17, 15) is 14.9 Å². The topological polar surface area (TPSA) is 94.2 Å². The third-order valence-electron chi connectivity index (χ3n) is 2.10. The van der Waals surface area contributed by atoms with Crippen LogP contribution in [0.1, 0.15) is 13.8 Å². The first-order chi connectivity index (χ1) is 8.95. The van der Waals surface area contributed by atoms with E-state index < -0.39 is 16.9 Å². The molecule has 1 rings (SSSR count). The molecule has 0 bridgehead atoms. The second-order valence-electron chi connectivity index (χ2n) is 3.53. The quantitative estimate of drug-likeness (QED) is 0.359.